The fourth-order valence-corrected chi connectivity index (χ4v) is 3.81. The summed E-state index contributed by atoms with van der Waals surface area (Å²) in [4.78, 5) is 6.88. The Balaban J connectivity index is 1.31. The number of hydrogen-bond acceptors (Lipinski definition) is 4. The molecule has 1 saturated carbocycles. The number of hydrogen-bond donors (Lipinski definition) is 1. The fraction of sp³-hybridized carbons (Fsp3) is 0.400. The molecule has 0 amide bonds. The minimum Gasteiger partial charge on any atom is -0.358 e. The Kier molecular flexibility index (Phi) is 2.78. The van der Waals surface area contributed by atoms with Crippen LogP contribution in [0.5, 0.6) is 0 Å². The molecule has 3 nitrogen and oxygen atoms in total. The molecule has 2 aromatic rings. The number of thiazole rings is 1. The lowest BCUT2D eigenvalue weighted by Gasteiger charge is -2.19. The van der Waals surface area contributed by atoms with Crippen molar-refractivity contribution in [2.24, 2.45) is 11.8 Å². The van der Waals surface area contributed by atoms with E-state index < -0.39 is 0 Å². The Morgan fingerprint density at radius 1 is 1.21 bits per heavy atom. The predicted octanol–water partition coefficient (Wildman–Crippen LogP) is 2.69. The van der Waals surface area contributed by atoms with E-state index in [-0.39, 0.29) is 0 Å². The van der Waals surface area contributed by atoms with Crippen LogP contribution in [0.3, 0.4) is 0 Å². The number of likely N-dealkylation sites (tertiary alicyclic amines) is 1. The van der Waals surface area contributed by atoms with E-state index in [0.29, 0.717) is 6.04 Å². The Morgan fingerprint density at radius 2 is 2.00 bits per heavy atom. The second-order valence-electron chi connectivity index (χ2n) is 5.51. The quantitative estimate of drug-likeness (QED) is 0.926. The molecule has 4 heteroatoms. The fourth-order valence-electron chi connectivity index (χ4n) is 3.24. The van der Waals surface area contributed by atoms with Gasteiger partial charge < -0.3 is 5.32 Å². The van der Waals surface area contributed by atoms with Gasteiger partial charge in [0.25, 0.3) is 0 Å². The smallest absolute Gasteiger partial charge is 0.182 e. The summed E-state index contributed by atoms with van der Waals surface area (Å²) in [6, 6.07) is 11.4. The van der Waals surface area contributed by atoms with Crippen molar-refractivity contribution in [1.82, 2.24) is 9.88 Å². The van der Waals surface area contributed by atoms with Gasteiger partial charge in [0.2, 0.25) is 0 Å². The molecule has 1 aliphatic heterocycles. The van der Waals surface area contributed by atoms with Crippen LogP contribution < -0.4 is 5.32 Å². The van der Waals surface area contributed by atoms with Crippen LogP contribution in [0.25, 0.3) is 0 Å². The van der Waals surface area contributed by atoms with Crippen molar-refractivity contribution in [2.45, 2.75) is 12.6 Å². The third-order valence-corrected chi connectivity index (χ3v) is 4.95. The molecule has 0 radical (unpaired) electrons. The number of benzene rings is 1. The lowest BCUT2D eigenvalue weighted by molar-refractivity contribution is 0.293. The van der Waals surface area contributed by atoms with E-state index in [9.17, 15) is 0 Å². The zero-order valence-electron chi connectivity index (χ0n) is 10.7. The van der Waals surface area contributed by atoms with Crippen molar-refractivity contribution in [2.75, 3.05) is 18.4 Å². The SMILES string of the molecule is c1ccc(CN2CC3C(C2)C3Nc2nccs2)cc1. The minimum atomic E-state index is 0.665. The second-order valence-corrected chi connectivity index (χ2v) is 6.41. The minimum absolute atomic E-state index is 0.665. The van der Waals surface area contributed by atoms with Crippen LogP contribution >= 0.6 is 11.3 Å². The van der Waals surface area contributed by atoms with Crippen molar-refractivity contribution in [1.29, 1.82) is 0 Å². The zero-order chi connectivity index (χ0) is 12.7. The van der Waals surface area contributed by atoms with Crippen molar-refractivity contribution in [3.63, 3.8) is 0 Å². The van der Waals surface area contributed by atoms with Gasteiger partial charge in [0.1, 0.15) is 0 Å². The third-order valence-electron chi connectivity index (χ3n) is 4.24. The lowest BCUT2D eigenvalue weighted by Crippen LogP contribution is -2.27. The summed E-state index contributed by atoms with van der Waals surface area (Å²) in [6.45, 7) is 3.54. The van der Waals surface area contributed by atoms with E-state index in [1.165, 1.54) is 18.7 Å². The first kappa shape index (κ1) is 11.4. The molecule has 0 bridgehead atoms. The first-order chi connectivity index (χ1) is 9.40. The van der Waals surface area contributed by atoms with E-state index >= 15 is 0 Å². The number of fused-ring (bicyclic) bond motifs is 1. The topological polar surface area (TPSA) is 28.2 Å². The number of nitrogens with zero attached hydrogens (tertiary/aromatic N) is 2. The molecule has 4 rings (SSSR count). The van der Waals surface area contributed by atoms with Gasteiger partial charge in [-0.1, -0.05) is 30.3 Å². The molecule has 2 fully saturated rings. The number of rotatable bonds is 4. The Labute approximate surface area is 117 Å². The van der Waals surface area contributed by atoms with E-state index in [1.807, 2.05) is 11.6 Å². The van der Waals surface area contributed by atoms with Crippen LogP contribution in [0.4, 0.5) is 5.13 Å². The highest BCUT2D eigenvalue weighted by Crippen LogP contribution is 2.47. The Morgan fingerprint density at radius 3 is 2.68 bits per heavy atom. The highest BCUT2D eigenvalue weighted by atomic mass is 32.1. The molecular weight excluding hydrogens is 254 g/mol. The summed E-state index contributed by atoms with van der Waals surface area (Å²) in [7, 11) is 0. The van der Waals surface area contributed by atoms with Crippen molar-refractivity contribution in [3.05, 3.63) is 47.5 Å². The highest BCUT2D eigenvalue weighted by molar-refractivity contribution is 7.13. The molecular formula is C15H17N3S. The summed E-state index contributed by atoms with van der Waals surface area (Å²) in [5.41, 5.74) is 1.42. The van der Waals surface area contributed by atoms with Gasteiger partial charge >= 0.3 is 0 Å². The van der Waals surface area contributed by atoms with Gasteiger partial charge in [-0.15, -0.1) is 11.3 Å². The van der Waals surface area contributed by atoms with Crippen LogP contribution in [0.15, 0.2) is 41.9 Å². The third kappa shape index (κ3) is 2.26. The van der Waals surface area contributed by atoms with Gasteiger partial charge in [-0.25, -0.2) is 4.98 Å². The van der Waals surface area contributed by atoms with E-state index in [4.69, 9.17) is 0 Å². The highest BCUT2D eigenvalue weighted by Gasteiger charge is 2.55. The molecule has 2 heterocycles. The standard InChI is InChI=1S/C15H17N3S/c1-2-4-11(5-3-1)8-18-9-12-13(10-18)14(12)17-15-16-6-7-19-15/h1-7,12-14H,8-10H2,(H,16,17). The van der Waals surface area contributed by atoms with Crippen LogP contribution in [0.2, 0.25) is 0 Å². The maximum Gasteiger partial charge on any atom is 0.182 e. The molecule has 98 valence electrons. The molecule has 1 aromatic carbocycles. The van der Waals surface area contributed by atoms with Gasteiger partial charge in [0.05, 0.1) is 0 Å². The maximum absolute atomic E-state index is 4.30. The first-order valence-corrected chi connectivity index (χ1v) is 7.70. The van der Waals surface area contributed by atoms with E-state index in [2.05, 4.69) is 45.5 Å². The average molecular weight is 271 g/mol. The molecule has 0 spiro atoms. The Hall–Kier alpha value is -1.39. The largest absolute Gasteiger partial charge is 0.358 e. The number of aromatic nitrogens is 1. The van der Waals surface area contributed by atoms with Gasteiger partial charge in [0.15, 0.2) is 5.13 Å². The van der Waals surface area contributed by atoms with Crippen molar-refractivity contribution >= 4 is 16.5 Å². The predicted molar refractivity (Wildman–Crippen MR) is 78.2 cm³/mol. The van der Waals surface area contributed by atoms with Gasteiger partial charge in [-0.2, -0.15) is 0 Å². The van der Waals surface area contributed by atoms with Crippen LogP contribution in [0.1, 0.15) is 5.56 Å². The first-order valence-electron chi connectivity index (χ1n) is 6.82. The number of nitrogens with one attached hydrogen (secondary N) is 1. The Bertz CT molecular complexity index is 528. The van der Waals surface area contributed by atoms with Gasteiger partial charge in [-0.3, -0.25) is 4.90 Å². The second kappa shape index (κ2) is 4.62. The van der Waals surface area contributed by atoms with Crippen molar-refractivity contribution in [3.8, 4) is 0 Å². The normalized spacial score (nSPS) is 29.2. The summed E-state index contributed by atoms with van der Waals surface area (Å²) in [5.74, 6) is 1.65. The number of piperidine rings is 1. The summed E-state index contributed by atoms with van der Waals surface area (Å²) < 4.78 is 0. The van der Waals surface area contributed by atoms with Crippen LogP contribution in [-0.4, -0.2) is 29.0 Å². The van der Waals surface area contributed by atoms with Gasteiger partial charge in [0, 0.05) is 37.3 Å². The van der Waals surface area contributed by atoms with E-state index in [1.54, 1.807) is 11.3 Å². The number of anilines is 1. The van der Waals surface area contributed by atoms with Crippen molar-refractivity contribution < 1.29 is 0 Å². The van der Waals surface area contributed by atoms with Gasteiger partial charge in [-0.05, 0) is 17.4 Å². The van der Waals surface area contributed by atoms with Crippen LogP contribution in [0, 0.1) is 11.8 Å². The molecule has 2 aliphatic rings. The zero-order valence-corrected chi connectivity index (χ0v) is 11.5. The average Bonchev–Trinajstić information content (AvgIpc) is 2.87. The molecule has 1 aliphatic carbocycles. The molecule has 1 saturated heterocycles. The molecule has 19 heavy (non-hydrogen) atoms. The molecule has 2 unspecified atom stereocenters. The molecule has 1 aromatic heterocycles. The van der Waals surface area contributed by atoms with E-state index in [0.717, 1.165) is 23.5 Å². The molecule has 1 N–H and O–H groups in total. The maximum atomic E-state index is 4.30. The van der Waals surface area contributed by atoms with Crippen LogP contribution in [-0.2, 0) is 6.54 Å². The monoisotopic (exact) mass is 271 g/mol. The molecule has 2 atom stereocenters. The lowest BCUT2D eigenvalue weighted by atomic mass is 10.2. The summed E-state index contributed by atoms with van der Waals surface area (Å²) in [5, 5.41) is 6.67. The summed E-state index contributed by atoms with van der Waals surface area (Å²) >= 11 is 1.70. The summed E-state index contributed by atoms with van der Waals surface area (Å²) in [6.07, 6.45) is 1.87.